The van der Waals surface area contributed by atoms with Crippen molar-refractivity contribution in [3.8, 4) is 0 Å². The van der Waals surface area contributed by atoms with Crippen molar-refractivity contribution < 1.29 is 9.59 Å². The van der Waals surface area contributed by atoms with Crippen LogP contribution in [0.5, 0.6) is 0 Å². The van der Waals surface area contributed by atoms with Crippen molar-refractivity contribution in [2.45, 2.75) is 32.7 Å². The lowest BCUT2D eigenvalue weighted by molar-refractivity contribution is 0.0951. The van der Waals surface area contributed by atoms with E-state index in [0.717, 1.165) is 12.8 Å². The van der Waals surface area contributed by atoms with E-state index in [1.165, 1.54) is 0 Å². The molecule has 0 heterocycles. The van der Waals surface area contributed by atoms with Gasteiger partial charge in [-0.15, -0.1) is 0 Å². The Morgan fingerprint density at radius 3 is 2.25 bits per heavy atom. The number of carbonyl (C=O) groups excluding carboxylic acids is 2. The summed E-state index contributed by atoms with van der Waals surface area (Å²) in [6, 6.07) is 7.20. The number of amides is 3. The molecule has 1 aromatic rings. The Morgan fingerprint density at radius 2 is 1.75 bits per heavy atom. The van der Waals surface area contributed by atoms with Crippen molar-refractivity contribution in [2.75, 3.05) is 18.4 Å². The van der Waals surface area contributed by atoms with Gasteiger partial charge in [0.25, 0.3) is 5.91 Å². The first-order chi connectivity index (χ1) is 9.63. The summed E-state index contributed by atoms with van der Waals surface area (Å²) in [5, 5.41) is 5.75. The zero-order chi connectivity index (χ0) is 14.5. The van der Waals surface area contributed by atoms with Gasteiger partial charge < -0.3 is 15.5 Å². The Balaban J connectivity index is 1.93. The van der Waals surface area contributed by atoms with Crippen LogP contribution in [0.25, 0.3) is 0 Å². The quantitative estimate of drug-likeness (QED) is 0.867. The number of carbonyl (C=O) groups is 2. The summed E-state index contributed by atoms with van der Waals surface area (Å²) < 4.78 is 0. The third kappa shape index (κ3) is 3.73. The fraction of sp³-hybridized carbons (Fsp3) is 0.467. The van der Waals surface area contributed by atoms with Crippen LogP contribution < -0.4 is 10.6 Å². The van der Waals surface area contributed by atoms with Gasteiger partial charge in [0.2, 0.25) is 0 Å². The first-order valence-corrected chi connectivity index (χ1v) is 7.11. The summed E-state index contributed by atoms with van der Waals surface area (Å²) in [7, 11) is 0. The zero-order valence-corrected chi connectivity index (χ0v) is 12.0. The lowest BCUT2D eigenvalue weighted by Gasteiger charge is -2.19. The molecular weight excluding hydrogens is 254 g/mol. The number of rotatable bonds is 5. The average Bonchev–Trinajstić information content (AvgIpc) is 3.25. The van der Waals surface area contributed by atoms with Gasteiger partial charge in [-0.05, 0) is 51.0 Å². The Bertz CT molecular complexity index is 476. The fourth-order valence-electron chi connectivity index (χ4n) is 1.91. The molecule has 0 saturated heterocycles. The molecule has 1 aliphatic carbocycles. The molecule has 2 rings (SSSR count). The van der Waals surface area contributed by atoms with Crippen molar-refractivity contribution in [2.24, 2.45) is 0 Å². The number of hydrogen-bond acceptors (Lipinski definition) is 2. The Kier molecular flexibility index (Phi) is 4.61. The highest BCUT2D eigenvalue weighted by atomic mass is 16.2. The molecule has 108 valence electrons. The van der Waals surface area contributed by atoms with Crippen LogP contribution in [-0.2, 0) is 0 Å². The van der Waals surface area contributed by atoms with E-state index in [4.69, 9.17) is 0 Å². The van der Waals surface area contributed by atoms with Crippen LogP contribution in [0.15, 0.2) is 24.3 Å². The lowest BCUT2D eigenvalue weighted by atomic mass is 10.2. The van der Waals surface area contributed by atoms with Crippen molar-refractivity contribution in [3.05, 3.63) is 29.8 Å². The maximum Gasteiger partial charge on any atom is 0.321 e. The molecular formula is C15H21N3O2. The molecule has 0 radical (unpaired) electrons. The minimum absolute atomic E-state index is 0.0471. The van der Waals surface area contributed by atoms with Gasteiger partial charge in [-0.25, -0.2) is 4.79 Å². The van der Waals surface area contributed by atoms with Crippen molar-refractivity contribution in [1.29, 1.82) is 0 Å². The molecule has 20 heavy (non-hydrogen) atoms. The van der Waals surface area contributed by atoms with Crippen molar-refractivity contribution >= 4 is 17.6 Å². The predicted octanol–water partition coefficient (Wildman–Crippen LogP) is 2.45. The van der Waals surface area contributed by atoms with E-state index in [-0.39, 0.29) is 11.9 Å². The number of anilines is 1. The van der Waals surface area contributed by atoms with E-state index in [1.807, 2.05) is 13.8 Å². The molecule has 1 aromatic carbocycles. The van der Waals surface area contributed by atoms with E-state index in [1.54, 1.807) is 29.2 Å². The predicted molar refractivity (Wildman–Crippen MR) is 78.9 cm³/mol. The Hall–Kier alpha value is -2.04. The van der Waals surface area contributed by atoms with Crippen molar-refractivity contribution in [3.63, 3.8) is 0 Å². The minimum Gasteiger partial charge on any atom is -0.349 e. The molecule has 1 fully saturated rings. The van der Waals surface area contributed by atoms with E-state index < -0.39 is 0 Å². The number of nitrogens with one attached hydrogen (secondary N) is 2. The first kappa shape index (κ1) is 14.4. The highest BCUT2D eigenvalue weighted by molar-refractivity contribution is 5.95. The topological polar surface area (TPSA) is 61.4 Å². The standard InChI is InChI=1S/C15H21N3O2/c1-3-18(4-2)15(20)17-13-7-5-11(6-8-13)14(19)16-12-9-10-12/h5-8,12H,3-4,9-10H2,1-2H3,(H,16,19)(H,17,20). The van der Waals surface area contributed by atoms with Crippen LogP contribution in [0.4, 0.5) is 10.5 Å². The molecule has 0 atom stereocenters. The van der Waals surface area contributed by atoms with Gasteiger partial charge in [0.15, 0.2) is 0 Å². The molecule has 0 aromatic heterocycles. The Morgan fingerprint density at radius 1 is 1.15 bits per heavy atom. The van der Waals surface area contributed by atoms with Crippen LogP contribution in [0.1, 0.15) is 37.0 Å². The lowest BCUT2D eigenvalue weighted by Crippen LogP contribution is -2.34. The van der Waals surface area contributed by atoms with Crippen LogP contribution >= 0.6 is 0 Å². The second-order valence-corrected chi connectivity index (χ2v) is 4.93. The van der Waals surface area contributed by atoms with Gasteiger partial charge in [-0.2, -0.15) is 0 Å². The Labute approximate surface area is 119 Å². The molecule has 1 saturated carbocycles. The number of nitrogens with zero attached hydrogens (tertiary/aromatic N) is 1. The SMILES string of the molecule is CCN(CC)C(=O)Nc1ccc(C(=O)NC2CC2)cc1. The van der Waals surface area contributed by atoms with Gasteiger partial charge in [-0.1, -0.05) is 0 Å². The van der Waals surface area contributed by atoms with Gasteiger partial charge in [0.1, 0.15) is 0 Å². The summed E-state index contributed by atoms with van der Waals surface area (Å²) in [6.07, 6.45) is 2.15. The first-order valence-electron chi connectivity index (χ1n) is 7.11. The highest BCUT2D eigenvalue weighted by Crippen LogP contribution is 2.19. The second-order valence-electron chi connectivity index (χ2n) is 4.93. The molecule has 0 spiro atoms. The maximum atomic E-state index is 11.9. The van der Waals surface area contributed by atoms with Gasteiger partial charge >= 0.3 is 6.03 Å². The third-order valence-corrected chi connectivity index (χ3v) is 3.36. The van der Waals surface area contributed by atoms with Crippen LogP contribution in [0, 0.1) is 0 Å². The molecule has 0 bridgehead atoms. The molecule has 1 aliphatic rings. The summed E-state index contributed by atoms with van der Waals surface area (Å²) in [4.78, 5) is 25.4. The molecule has 5 nitrogen and oxygen atoms in total. The van der Waals surface area contributed by atoms with Crippen molar-refractivity contribution in [1.82, 2.24) is 10.2 Å². The number of hydrogen-bond donors (Lipinski definition) is 2. The highest BCUT2D eigenvalue weighted by Gasteiger charge is 2.23. The van der Waals surface area contributed by atoms with E-state index in [9.17, 15) is 9.59 Å². The van der Waals surface area contributed by atoms with E-state index in [0.29, 0.717) is 30.4 Å². The molecule has 5 heteroatoms. The van der Waals surface area contributed by atoms with Gasteiger partial charge in [0, 0.05) is 30.4 Å². The van der Waals surface area contributed by atoms with Crippen LogP contribution in [-0.4, -0.2) is 36.0 Å². The van der Waals surface area contributed by atoms with E-state index in [2.05, 4.69) is 10.6 Å². The molecule has 2 N–H and O–H groups in total. The third-order valence-electron chi connectivity index (χ3n) is 3.36. The van der Waals surface area contributed by atoms with Crippen LogP contribution in [0.2, 0.25) is 0 Å². The number of benzene rings is 1. The maximum absolute atomic E-state index is 11.9. The van der Waals surface area contributed by atoms with Crippen LogP contribution in [0.3, 0.4) is 0 Å². The summed E-state index contributed by atoms with van der Waals surface area (Å²) in [6.45, 7) is 5.22. The molecule has 0 aliphatic heterocycles. The second kappa shape index (κ2) is 6.41. The summed E-state index contributed by atoms with van der Waals surface area (Å²) in [5.74, 6) is -0.0471. The normalized spacial score (nSPS) is 13.7. The smallest absolute Gasteiger partial charge is 0.321 e. The number of urea groups is 1. The average molecular weight is 275 g/mol. The molecule has 0 unspecified atom stereocenters. The van der Waals surface area contributed by atoms with Gasteiger partial charge in [-0.3, -0.25) is 4.79 Å². The largest absolute Gasteiger partial charge is 0.349 e. The van der Waals surface area contributed by atoms with E-state index >= 15 is 0 Å². The molecule has 3 amide bonds. The monoisotopic (exact) mass is 275 g/mol. The minimum atomic E-state index is -0.120. The fourth-order valence-corrected chi connectivity index (χ4v) is 1.91. The summed E-state index contributed by atoms with van der Waals surface area (Å²) >= 11 is 0. The van der Waals surface area contributed by atoms with Gasteiger partial charge in [0.05, 0.1) is 0 Å². The summed E-state index contributed by atoms with van der Waals surface area (Å²) in [5.41, 5.74) is 1.32. The zero-order valence-electron chi connectivity index (χ0n) is 12.0.